The molecule has 0 fully saturated rings. The van der Waals surface area contributed by atoms with Gasteiger partial charge in [-0.1, -0.05) is 36.4 Å². The van der Waals surface area contributed by atoms with E-state index in [1.165, 1.54) is 0 Å². The Morgan fingerprint density at radius 2 is 1.71 bits per heavy atom. The number of aromatic carboxylic acids is 1. The van der Waals surface area contributed by atoms with E-state index in [9.17, 15) is 4.79 Å². The molecule has 3 heteroatoms. The Kier molecular flexibility index (Phi) is 4.22. The van der Waals surface area contributed by atoms with E-state index in [1.54, 1.807) is 12.1 Å². The smallest absolute Gasteiger partial charge is 1.00 e. The first kappa shape index (κ1) is 11.8. The molecule has 0 heterocycles. The summed E-state index contributed by atoms with van der Waals surface area (Å²) in [6, 6.07) is 12.7. The molecule has 0 spiro atoms. The Balaban J connectivity index is 0. The monoisotopic (exact) mass is 312 g/mol. The largest absolute Gasteiger partial charge is 2.00 e. The summed E-state index contributed by atoms with van der Waals surface area (Å²) in [6.45, 7) is 0. The van der Waals surface area contributed by atoms with Crippen molar-refractivity contribution in [2.24, 2.45) is 0 Å². The molecule has 0 unspecified atom stereocenters. The minimum Gasteiger partial charge on any atom is -1.00 e. The Bertz CT molecular complexity index is 469. The van der Waals surface area contributed by atoms with Crippen molar-refractivity contribution in [1.29, 1.82) is 0 Å². The summed E-state index contributed by atoms with van der Waals surface area (Å²) in [5.41, 5.74) is 0.359. The van der Waals surface area contributed by atoms with E-state index in [-0.39, 0.29) is 51.7 Å². The summed E-state index contributed by atoms with van der Waals surface area (Å²) < 4.78 is 0. The molecule has 0 aliphatic heterocycles. The first-order chi connectivity index (χ1) is 6.29. The number of carboxylic acid groups (broad SMARTS) is 1. The molecular weight excluding hydrogens is 301 g/mol. The van der Waals surface area contributed by atoms with Crippen LogP contribution in [0.4, 0.5) is 0 Å². The average Bonchev–Trinajstić information content (AvgIpc) is 2.17. The third kappa shape index (κ3) is 2.21. The van der Waals surface area contributed by atoms with Crippen LogP contribution in [0.15, 0.2) is 42.5 Å². The Morgan fingerprint density at radius 1 is 1.07 bits per heavy atom. The van der Waals surface area contributed by atoms with Crippen molar-refractivity contribution in [2.45, 2.75) is 0 Å². The first-order valence-corrected chi connectivity index (χ1v) is 4.00. The van der Waals surface area contributed by atoms with Crippen LogP contribution in [0.3, 0.4) is 0 Å². The van der Waals surface area contributed by atoms with Gasteiger partial charge in [0.2, 0.25) is 0 Å². The molecule has 2 rings (SSSR count). The molecule has 0 aliphatic rings. The van der Waals surface area contributed by atoms with E-state index < -0.39 is 5.97 Å². The third-order valence-corrected chi connectivity index (χ3v) is 2.02. The van der Waals surface area contributed by atoms with E-state index in [0.717, 1.165) is 10.8 Å². The maximum atomic E-state index is 10.8. The topological polar surface area (TPSA) is 37.3 Å². The van der Waals surface area contributed by atoms with Gasteiger partial charge in [-0.15, -0.1) is 0 Å². The molecule has 68 valence electrons. The summed E-state index contributed by atoms with van der Waals surface area (Å²) in [7, 11) is 0. The van der Waals surface area contributed by atoms with Gasteiger partial charge in [-0.3, -0.25) is 0 Å². The zero-order valence-electron chi connectivity index (χ0n) is 9.60. The van der Waals surface area contributed by atoms with E-state index in [2.05, 4.69) is 0 Å². The van der Waals surface area contributed by atoms with Crippen molar-refractivity contribution in [3.8, 4) is 0 Å². The maximum absolute atomic E-state index is 10.8. The molecule has 0 saturated heterocycles. The van der Waals surface area contributed by atoms with Gasteiger partial charge in [-0.2, -0.15) is 0 Å². The molecule has 0 radical (unpaired) electrons. The molecule has 0 aromatic heterocycles. The van der Waals surface area contributed by atoms with Gasteiger partial charge >= 0.3 is 54.9 Å². The molecule has 0 atom stereocenters. The fourth-order valence-corrected chi connectivity index (χ4v) is 1.41. The second-order valence-electron chi connectivity index (χ2n) is 2.83. The first-order valence-electron chi connectivity index (χ1n) is 4.00. The summed E-state index contributed by atoms with van der Waals surface area (Å²) in [6.07, 6.45) is 0. The maximum Gasteiger partial charge on any atom is 2.00 e. The van der Waals surface area contributed by atoms with Crippen LogP contribution < -0.4 is 0 Å². The van der Waals surface area contributed by atoms with Crippen LogP contribution in [0, 0.1) is 0 Å². The third-order valence-electron chi connectivity index (χ3n) is 2.02. The second kappa shape index (κ2) is 5.00. The van der Waals surface area contributed by atoms with Gasteiger partial charge in [0.25, 0.3) is 0 Å². The number of hydrogen-bond acceptors (Lipinski definition) is 1. The molecule has 0 amide bonds. The van der Waals surface area contributed by atoms with Crippen LogP contribution in [-0.2, 0) is 0 Å². The van der Waals surface area contributed by atoms with Crippen LogP contribution >= 0.6 is 0 Å². The predicted molar refractivity (Wildman–Crippen MR) is 58.9 cm³/mol. The summed E-state index contributed by atoms with van der Waals surface area (Å²) >= 11 is 0. The van der Waals surface area contributed by atoms with E-state index in [0.29, 0.717) is 5.56 Å². The summed E-state index contributed by atoms with van der Waals surface area (Å²) in [5, 5.41) is 10.6. The number of hydrogen-bond donors (Lipinski definition) is 1. The van der Waals surface area contributed by atoms with Crippen molar-refractivity contribution in [2.75, 3.05) is 0 Å². The van der Waals surface area contributed by atoms with Gasteiger partial charge in [0, 0.05) is 0 Å². The van der Waals surface area contributed by atoms with Crippen molar-refractivity contribution < 1.29 is 12.8 Å². The molecule has 2 aromatic rings. The quantitative estimate of drug-likeness (QED) is 0.821. The van der Waals surface area contributed by atoms with Crippen LogP contribution in [-0.4, -0.2) is 60.0 Å². The zero-order valence-corrected chi connectivity index (χ0v) is 12.0. The Hall–Kier alpha value is -0.259. The van der Waals surface area contributed by atoms with Crippen molar-refractivity contribution >= 4 is 65.6 Å². The second-order valence-corrected chi connectivity index (χ2v) is 2.83. The zero-order chi connectivity index (χ0) is 9.26. The van der Waals surface area contributed by atoms with Crippen LogP contribution in [0.1, 0.15) is 13.2 Å². The van der Waals surface area contributed by atoms with Gasteiger partial charge in [0.05, 0.1) is 5.56 Å². The Labute approximate surface area is 125 Å². The van der Waals surface area contributed by atoms with Gasteiger partial charge < -0.3 is 7.96 Å². The van der Waals surface area contributed by atoms with Crippen LogP contribution in [0.2, 0.25) is 0 Å². The predicted octanol–water partition coefficient (Wildman–Crippen LogP) is 2.38. The van der Waals surface area contributed by atoms with Crippen molar-refractivity contribution in [1.82, 2.24) is 0 Å². The van der Waals surface area contributed by atoms with Crippen molar-refractivity contribution in [3.05, 3.63) is 48.0 Å². The Morgan fingerprint density at radius 3 is 2.43 bits per heavy atom. The SMILES string of the molecule is O=C(O)c1cccc2ccccc12.[Ba+2].[H-].[H-]. The fourth-order valence-electron chi connectivity index (χ4n) is 1.41. The number of fused-ring (bicyclic) bond motifs is 1. The van der Waals surface area contributed by atoms with Crippen LogP contribution in [0.25, 0.3) is 10.8 Å². The van der Waals surface area contributed by atoms with E-state index >= 15 is 0 Å². The molecule has 14 heavy (non-hydrogen) atoms. The minimum atomic E-state index is -0.878. The molecule has 0 bridgehead atoms. The van der Waals surface area contributed by atoms with Gasteiger partial charge in [0.15, 0.2) is 0 Å². The fraction of sp³-hybridized carbons (Fsp3) is 0. The normalized spacial score (nSPS) is 9.43. The van der Waals surface area contributed by atoms with E-state index in [4.69, 9.17) is 5.11 Å². The molecular formula is C11H10BaO2. The number of benzene rings is 2. The summed E-state index contributed by atoms with van der Waals surface area (Å²) in [4.78, 5) is 10.8. The molecule has 0 saturated carbocycles. The summed E-state index contributed by atoms with van der Waals surface area (Å²) in [5.74, 6) is -0.878. The number of rotatable bonds is 1. The number of carbonyl (C=O) groups is 1. The van der Waals surface area contributed by atoms with Gasteiger partial charge in [0.1, 0.15) is 0 Å². The molecule has 2 aromatic carbocycles. The molecule has 0 aliphatic carbocycles. The van der Waals surface area contributed by atoms with Gasteiger partial charge in [-0.05, 0) is 16.8 Å². The standard InChI is InChI=1S/C11H8O2.Ba.2H/c12-11(13)10-7-3-5-8-4-1-2-6-9(8)10;;;/h1-7H,(H,12,13);;;/q;+2;2*-1. The average molecular weight is 312 g/mol. The number of carboxylic acids is 1. The molecule has 1 N–H and O–H groups in total. The van der Waals surface area contributed by atoms with Crippen molar-refractivity contribution in [3.63, 3.8) is 0 Å². The van der Waals surface area contributed by atoms with E-state index in [1.807, 2.05) is 30.3 Å². The molecule has 2 nitrogen and oxygen atoms in total. The van der Waals surface area contributed by atoms with Crippen LogP contribution in [0.5, 0.6) is 0 Å². The minimum absolute atomic E-state index is 0. The van der Waals surface area contributed by atoms with Gasteiger partial charge in [-0.25, -0.2) is 4.79 Å².